The molecule has 8 fully saturated rings. The van der Waals surface area contributed by atoms with E-state index in [2.05, 4.69) is 42.2 Å². The summed E-state index contributed by atoms with van der Waals surface area (Å²) in [6.45, 7) is -5.40. The molecule has 0 aliphatic carbocycles. The predicted octanol–water partition coefficient (Wildman–Crippen LogP) is -18.6. The highest BCUT2D eigenvalue weighted by atomic mass is 16.8. The molecule has 53 heteroatoms. The number of ether oxygens (including phenoxy) is 16. The van der Waals surface area contributed by atoms with Crippen LogP contribution in [0.4, 0.5) is 5.82 Å². The predicted molar refractivity (Wildman–Crippen MR) is 394 cm³/mol. The first kappa shape index (κ1) is 102. The maximum Gasteiger partial charge on any atom is 0.217 e. The van der Waals surface area contributed by atoms with Crippen LogP contribution in [0.3, 0.4) is 0 Å². The molecule has 30 N–H and O–H groups in total. The van der Waals surface area contributed by atoms with Gasteiger partial charge in [-0.1, -0.05) is 6.07 Å². The molecule has 710 valence electrons. The molecule has 9 heterocycles. The van der Waals surface area contributed by atoms with Gasteiger partial charge in [-0.15, -0.1) is 0 Å². The van der Waals surface area contributed by atoms with Crippen molar-refractivity contribution >= 4 is 41.3 Å². The highest BCUT2D eigenvalue weighted by molar-refractivity contribution is 5.75. The van der Waals surface area contributed by atoms with E-state index in [1.54, 1.807) is 12.1 Å². The fraction of sp³-hybridized carbons (Fsp3) is 0.845. The van der Waals surface area contributed by atoms with Crippen molar-refractivity contribution in [3.8, 4) is 0 Å². The second kappa shape index (κ2) is 46.1. The summed E-state index contributed by atoms with van der Waals surface area (Å²) in [5, 5.41) is 280. The van der Waals surface area contributed by atoms with Crippen LogP contribution in [0.1, 0.15) is 41.5 Å². The molecule has 124 heavy (non-hydrogen) atoms. The maximum atomic E-state index is 13.5. The van der Waals surface area contributed by atoms with Crippen LogP contribution in [0, 0.1) is 0 Å². The second-order valence-corrected chi connectivity index (χ2v) is 30.8. The molecule has 8 aliphatic rings. The van der Waals surface area contributed by atoms with Crippen molar-refractivity contribution in [3.63, 3.8) is 0 Å². The molecule has 0 unspecified atom stereocenters. The van der Waals surface area contributed by atoms with Crippen LogP contribution in [-0.4, -0.2) is 494 Å². The Morgan fingerprint density at radius 2 is 0.694 bits per heavy atom. The van der Waals surface area contributed by atoms with Gasteiger partial charge in [0.05, 0.1) is 65.5 Å². The van der Waals surface area contributed by atoms with Crippen molar-refractivity contribution in [2.24, 2.45) is 0 Å². The Bertz CT molecular complexity index is 3520. The number of nitrogens with one attached hydrogen (secondary N) is 7. The van der Waals surface area contributed by atoms with Crippen LogP contribution in [-0.2, 0) is 105 Å². The summed E-state index contributed by atoms with van der Waals surface area (Å²) in [6, 6.07) is -6.53. The zero-order valence-electron chi connectivity index (χ0n) is 67.5. The number of aromatic nitrogens is 1. The van der Waals surface area contributed by atoms with Gasteiger partial charge in [-0.05, 0) is 12.1 Å². The Balaban J connectivity index is 1.22. The summed E-state index contributed by atoms with van der Waals surface area (Å²) in [5.41, 5.74) is 0. The van der Waals surface area contributed by atoms with E-state index in [0.717, 1.165) is 41.5 Å². The molecule has 8 saturated heterocycles. The summed E-state index contributed by atoms with van der Waals surface area (Å²) in [5.74, 6) is -5.31. The fourth-order valence-corrected chi connectivity index (χ4v) is 15.6. The Hall–Kier alpha value is -5.79. The molecule has 1 aromatic heterocycles. The molecule has 6 amide bonds. The zero-order valence-corrected chi connectivity index (χ0v) is 67.5. The van der Waals surface area contributed by atoms with Gasteiger partial charge in [-0.2, -0.15) is 0 Å². The minimum Gasteiger partial charge on any atom is -0.394 e. The van der Waals surface area contributed by atoms with Crippen LogP contribution < -0.4 is 37.2 Å². The number of aliphatic hydroxyl groups is 23. The molecule has 0 bridgehead atoms. The summed E-state index contributed by atoms with van der Waals surface area (Å²) in [4.78, 5) is 81.9. The first-order chi connectivity index (χ1) is 58.8. The van der Waals surface area contributed by atoms with Crippen molar-refractivity contribution in [1.29, 1.82) is 0 Å². The summed E-state index contributed by atoms with van der Waals surface area (Å²) >= 11 is 0. The largest absolute Gasteiger partial charge is 0.394 e. The quantitative estimate of drug-likeness (QED) is 0.0294. The number of aliphatic hydroxyl groups excluding tert-OH is 23. The zero-order chi connectivity index (χ0) is 91.3. The normalized spacial score (nSPS) is 42.5. The van der Waals surface area contributed by atoms with Gasteiger partial charge in [0, 0.05) is 54.3 Å². The maximum absolute atomic E-state index is 13.5. The lowest BCUT2D eigenvalue weighted by atomic mass is 9.93. The van der Waals surface area contributed by atoms with Crippen molar-refractivity contribution < 1.29 is 222 Å². The molecule has 0 radical (unpaired) electrons. The number of rotatable bonds is 37. The highest BCUT2D eigenvalue weighted by Gasteiger charge is 2.62. The number of carbonyl (C=O) groups excluding carboxylic acids is 6. The van der Waals surface area contributed by atoms with Gasteiger partial charge < -0.3 is 230 Å². The number of amides is 6. The number of hydrogen-bond donors (Lipinski definition) is 30. The van der Waals surface area contributed by atoms with Gasteiger partial charge in [-0.3, -0.25) is 28.8 Å². The van der Waals surface area contributed by atoms with Crippen LogP contribution in [0.5, 0.6) is 0 Å². The lowest BCUT2D eigenvalue weighted by Crippen LogP contribution is -2.72. The molecular formula is C71H116N8O45. The molecular weight excluding hydrogens is 1680 g/mol. The summed E-state index contributed by atoms with van der Waals surface area (Å²) in [6.07, 6.45) is -82.6. The van der Waals surface area contributed by atoms with E-state index >= 15 is 0 Å². The van der Waals surface area contributed by atoms with E-state index in [0.29, 0.717) is 0 Å². The first-order valence-corrected chi connectivity index (χ1v) is 39.6. The number of nitrogens with zero attached hydrogens (tertiary/aromatic N) is 1. The topological polar surface area (TPSA) is 812 Å². The third-order valence-corrected chi connectivity index (χ3v) is 21.8. The third-order valence-electron chi connectivity index (χ3n) is 21.8. The standard InChI is InChI=1S/C71H116N8O45/c1-21(88)74-27(11-73-37-9-7-8-10-72-37)43(95)57(28(94)12-80)118-68-42(79-26(6)93)53(105)58(34(18-86)115-68)120-69-56(108)61(122-71-63(124-67-41(78-25(5)92)52(104)47(99)32(16-84)113-67)55(107)59(35(19-87)116-71)119-64-38(75-22(2)89)49(101)44(96)29(13-81)110-64)60(121-65-39(76-23(3)90)50(102)45(97)30(14-82)111-65)36(117-69)20-109-70-62(54(106)48(100)33(17-85)114-70)123-66-40(77-24(4)91)51(103)46(98)31(15-83)112-66/h7-10,27-36,38-71,80-87,94-108H,11-20H2,1-6H3,(H,72,73)(H,74,88)(H,75,89)(H,76,90)(H,77,91)(H,78,92)(H,79,93)/t27-,28+,29+,30+,31+,32+,33+,34+,35+,36+,38+,39+,40+,41+,42+,43+,44+,45+,46+,47+,48+,49+,50+,51+,52+,53+,54-,55-,56-,57+,58+,59+,60+,61+,62-,63-,64-,65-,66-,67-,68-,69-,70-,71+/m0/s1. The average Bonchev–Trinajstić information content (AvgIpc) is 0.755. The minimum absolute atomic E-state index is 0.220. The average molecular weight is 1800 g/mol. The van der Waals surface area contributed by atoms with E-state index < -0.39 is 365 Å². The SMILES string of the molecule is CC(=O)N[C@H]1[C@H](O[C@@H]([C@H](O)[C@H](CNc2ccccn2)NC(C)=O)[C@H](O)CO)O[C@H](CO)[C@@H](O[C@@H]2O[C@H](CO[C@H]3O[C@H](CO)[C@@H](O)[C@H](O)[C@@H]3O[C@@H]3O[C@H](CO)[C@@H](O)[C@H](O)[C@H]3NC(C)=O)[C@@H](O[C@@H]3O[C@H](CO)[C@@H](O)[C@H](O)[C@H]3NC(C)=O)[C@H](O[C@H]3O[C@H](CO)[C@@H](O[C@@H]4O[C@H](CO)[C@@H](O)[C@H](O)[C@H]4NC(C)=O)[C@H](O)[C@@H]3O[C@@H]3O[C@H](CO)[C@@H](O)[C@H](O)[C@H]3NC(C)=O)[C@@H]2O)[C@@H]1O. The van der Waals surface area contributed by atoms with E-state index in [1.165, 1.54) is 12.3 Å². The van der Waals surface area contributed by atoms with Crippen LogP contribution in [0.2, 0.25) is 0 Å². The van der Waals surface area contributed by atoms with E-state index in [1.807, 2.05) is 0 Å². The lowest BCUT2D eigenvalue weighted by molar-refractivity contribution is -0.412. The minimum atomic E-state index is -2.79. The Kier molecular flexibility index (Phi) is 37.9. The Labute approximate surface area is 705 Å². The van der Waals surface area contributed by atoms with Crippen molar-refractivity contribution in [2.45, 2.75) is 311 Å². The molecule has 8 aliphatic heterocycles. The van der Waals surface area contributed by atoms with Gasteiger partial charge in [0.25, 0.3) is 0 Å². The molecule has 44 atom stereocenters. The van der Waals surface area contributed by atoms with Gasteiger partial charge in [0.1, 0.15) is 219 Å². The summed E-state index contributed by atoms with van der Waals surface area (Å²) < 4.78 is 99.8. The number of pyridine rings is 1. The van der Waals surface area contributed by atoms with Crippen molar-refractivity contribution in [3.05, 3.63) is 24.4 Å². The van der Waals surface area contributed by atoms with Crippen LogP contribution in [0.25, 0.3) is 0 Å². The number of hydrogen-bond acceptors (Lipinski definition) is 47. The van der Waals surface area contributed by atoms with Crippen molar-refractivity contribution in [1.82, 2.24) is 36.9 Å². The highest BCUT2D eigenvalue weighted by Crippen LogP contribution is 2.41. The van der Waals surface area contributed by atoms with E-state index in [4.69, 9.17) is 75.8 Å². The molecule has 0 spiro atoms. The molecule has 9 rings (SSSR count). The lowest BCUT2D eigenvalue weighted by Gasteiger charge is -2.53. The Morgan fingerprint density at radius 3 is 1.08 bits per heavy atom. The number of carbonyl (C=O) groups is 6. The molecule has 0 saturated carbocycles. The first-order valence-electron chi connectivity index (χ1n) is 39.6. The van der Waals surface area contributed by atoms with Gasteiger partial charge in [0.15, 0.2) is 50.3 Å². The van der Waals surface area contributed by atoms with Gasteiger partial charge >= 0.3 is 0 Å². The number of anilines is 1. The third kappa shape index (κ3) is 24.2. The van der Waals surface area contributed by atoms with Crippen LogP contribution >= 0.6 is 0 Å². The van der Waals surface area contributed by atoms with E-state index in [-0.39, 0.29) is 12.4 Å². The Morgan fingerprint density at radius 1 is 0.355 bits per heavy atom. The van der Waals surface area contributed by atoms with E-state index in [9.17, 15) is 146 Å². The molecule has 53 nitrogen and oxygen atoms in total. The van der Waals surface area contributed by atoms with Gasteiger partial charge in [0.2, 0.25) is 35.4 Å². The fourth-order valence-electron chi connectivity index (χ4n) is 15.6. The van der Waals surface area contributed by atoms with Crippen LogP contribution in [0.15, 0.2) is 24.4 Å². The smallest absolute Gasteiger partial charge is 0.217 e. The molecule has 0 aromatic carbocycles. The summed E-state index contributed by atoms with van der Waals surface area (Å²) in [7, 11) is 0. The van der Waals surface area contributed by atoms with Crippen molar-refractivity contribution in [2.75, 3.05) is 71.3 Å². The monoisotopic (exact) mass is 1800 g/mol. The second-order valence-electron chi connectivity index (χ2n) is 30.8. The molecule has 1 aromatic rings. The van der Waals surface area contributed by atoms with Gasteiger partial charge in [-0.25, -0.2) is 4.98 Å².